The van der Waals surface area contributed by atoms with Gasteiger partial charge in [-0.15, -0.1) is 23.5 Å². The van der Waals surface area contributed by atoms with E-state index in [2.05, 4.69) is 0 Å². The van der Waals surface area contributed by atoms with Crippen molar-refractivity contribution in [3.05, 3.63) is 0 Å². The number of carboxylic acid groups (broad SMARTS) is 2. The molecule has 0 aromatic heterocycles. The van der Waals surface area contributed by atoms with Gasteiger partial charge < -0.3 is 51.1 Å². The smallest absolute Gasteiger partial charge is 0.347 e. The topological polar surface area (TPSA) is 243 Å². The summed E-state index contributed by atoms with van der Waals surface area (Å²) in [5.74, 6) is -3.59. The van der Waals surface area contributed by atoms with Gasteiger partial charge in [-0.05, 0) is 0 Å². The molecule has 0 aromatic carbocycles. The first-order valence-corrected chi connectivity index (χ1v) is 12.3. The number of hydrogen-bond acceptors (Lipinski definition) is 14. The molecule has 0 aromatic rings. The number of rotatable bonds is 14. The van der Waals surface area contributed by atoms with Crippen LogP contribution in [0.5, 0.6) is 0 Å². The van der Waals surface area contributed by atoms with Gasteiger partial charge in [0.25, 0.3) is 0 Å². The van der Waals surface area contributed by atoms with Crippen molar-refractivity contribution in [3.63, 3.8) is 0 Å². The number of thioether (sulfide) groups is 2. The van der Waals surface area contributed by atoms with Crippen molar-refractivity contribution < 1.29 is 60.7 Å². The number of aliphatic hydroxyl groups is 8. The van der Waals surface area contributed by atoms with Gasteiger partial charge in [-0.2, -0.15) is 0 Å². The zero-order valence-electron chi connectivity index (χ0n) is 18.9. The molecule has 0 bridgehead atoms. The molecule has 2 atom stereocenters. The molecule has 10 N–H and O–H groups in total. The van der Waals surface area contributed by atoms with Gasteiger partial charge in [-0.1, -0.05) is 0 Å². The number of nitrogens with zero attached hydrogens (tertiary/aromatic N) is 2. The van der Waals surface area contributed by atoms with Gasteiger partial charge in [0.1, 0.15) is 0 Å². The van der Waals surface area contributed by atoms with E-state index in [-0.39, 0.29) is 51.1 Å². The maximum atomic E-state index is 10.5. The maximum Gasteiger partial charge on any atom is 0.347 e. The fourth-order valence-corrected chi connectivity index (χ4v) is 4.67. The Hall–Kier alpha value is -0.760. The second-order valence-electron chi connectivity index (χ2n) is 6.78. The molecule has 34 heavy (non-hydrogen) atoms. The Labute approximate surface area is 206 Å². The Balaban J connectivity index is 0. The summed E-state index contributed by atoms with van der Waals surface area (Å²) in [5.41, 5.74) is 0. The van der Waals surface area contributed by atoms with E-state index in [1.807, 2.05) is 0 Å². The maximum absolute atomic E-state index is 10.5. The molecule has 1 rings (SSSR count). The number of aliphatic carboxylic acids is 2. The predicted octanol–water partition coefficient (Wildman–Crippen LogP) is -4.46. The van der Waals surface area contributed by atoms with Crippen LogP contribution in [0.15, 0.2) is 0 Å². The Kier molecular flexibility index (Phi) is 21.3. The van der Waals surface area contributed by atoms with Crippen LogP contribution >= 0.6 is 23.5 Å². The van der Waals surface area contributed by atoms with Crippen molar-refractivity contribution in [3.8, 4) is 0 Å². The zero-order chi connectivity index (χ0) is 26.6. The van der Waals surface area contributed by atoms with Crippen LogP contribution in [0.4, 0.5) is 0 Å². The third-order valence-corrected chi connectivity index (χ3v) is 7.26. The van der Waals surface area contributed by atoms with Crippen LogP contribution in [-0.4, -0.2) is 173 Å². The summed E-state index contributed by atoms with van der Waals surface area (Å²) in [4.78, 5) is 20.7. The molecule has 1 aliphatic heterocycles. The van der Waals surface area contributed by atoms with E-state index >= 15 is 0 Å². The number of carboxylic acids is 2. The Morgan fingerprint density at radius 1 is 0.559 bits per heavy atom. The first-order chi connectivity index (χ1) is 16.0. The van der Waals surface area contributed by atoms with Crippen molar-refractivity contribution in [1.82, 2.24) is 9.80 Å². The van der Waals surface area contributed by atoms with Crippen LogP contribution in [0.1, 0.15) is 0 Å². The summed E-state index contributed by atoms with van der Waals surface area (Å²) in [6.45, 7) is 3.51. The standard InChI is InChI=1S/2C6H15NO3.C6H8O6S2/c2*8-4-1-7(2-5-9)3-6-10;7-3(8)5(11)1-13-6(12,2-14-5)4(9)10/h2*8-10H,1-6H2;11-12H,1-2H2,(H,7,8)(H,9,10). The highest BCUT2D eigenvalue weighted by atomic mass is 32.2. The monoisotopic (exact) mass is 538 g/mol. The van der Waals surface area contributed by atoms with Gasteiger partial charge in [-0.3, -0.25) is 9.80 Å². The van der Waals surface area contributed by atoms with Gasteiger partial charge in [0, 0.05) is 50.8 Å². The fraction of sp³-hybridized carbons (Fsp3) is 0.889. The second-order valence-corrected chi connectivity index (χ2v) is 9.29. The molecule has 204 valence electrons. The molecular formula is C18H38N2O12S2. The van der Waals surface area contributed by atoms with Gasteiger partial charge in [-0.25, -0.2) is 9.59 Å². The van der Waals surface area contributed by atoms with Crippen molar-refractivity contribution in [2.24, 2.45) is 0 Å². The Morgan fingerprint density at radius 2 is 0.765 bits per heavy atom. The van der Waals surface area contributed by atoms with E-state index in [0.717, 1.165) is 0 Å². The molecule has 14 nitrogen and oxygen atoms in total. The lowest BCUT2D eigenvalue weighted by atomic mass is 10.4. The lowest BCUT2D eigenvalue weighted by Gasteiger charge is -2.34. The minimum Gasteiger partial charge on any atom is -0.478 e. The average Bonchev–Trinajstić information content (AvgIpc) is 2.78. The number of carbonyl (C=O) groups is 2. The second kappa shape index (κ2) is 20.4. The molecular weight excluding hydrogens is 500 g/mol. The molecule has 0 spiro atoms. The Bertz CT molecular complexity index is 465. The lowest BCUT2D eigenvalue weighted by molar-refractivity contribution is -0.150. The van der Waals surface area contributed by atoms with E-state index < -0.39 is 21.8 Å². The van der Waals surface area contributed by atoms with Crippen molar-refractivity contribution in [1.29, 1.82) is 0 Å². The molecule has 0 saturated carbocycles. The highest BCUT2D eigenvalue weighted by molar-refractivity contribution is 8.08. The lowest BCUT2D eigenvalue weighted by Crippen LogP contribution is -2.50. The van der Waals surface area contributed by atoms with Crippen LogP contribution in [0.3, 0.4) is 0 Å². The molecule has 1 heterocycles. The summed E-state index contributed by atoms with van der Waals surface area (Å²) < 4.78 is 0. The summed E-state index contributed by atoms with van der Waals surface area (Å²) in [7, 11) is 0. The summed E-state index contributed by atoms with van der Waals surface area (Å²) in [6, 6.07) is 0. The van der Waals surface area contributed by atoms with Gasteiger partial charge >= 0.3 is 11.9 Å². The predicted molar refractivity (Wildman–Crippen MR) is 125 cm³/mol. The van der Waals surface area contributed by atoms with Gasteiger partial charge in [0.2, 0.25) is 9.87 Å². The molecule has 0 aliphatic carbocycles. The molecule has 0 radical (unpaired) electrons. The first kappa shape index (κ1) is 35.4. The first-order valence-electron chi connectivity index (χ1n) is 10.3. The Morgan fingerprint density at radius 3 is 0.882 bits per heavy atom. The molecule has 1 saturated heterocycles. The average molecular weight is 539 g/mol. The van der Waals surface area contributed by atoms with Crippen LogP contribution in [-0.2, 0) is 9.59 Å². The fourth-order valence-electron chi connectivity index (χ4n) is 2.28. The SMILES string of the molecule is O=C(O)C1(O)CSC(O)(C(=O)O)CS1.OCCN(CCO)CCO.OCCN(CCO)CCO. The van der Waals surface area contributed by atoms with E-state index in [9.17, 15) is 19.8 Å². The highest BCUT2D eigenvalue weighted by Gasteiger charge is 2.50. The third-order valence-electron chi connectivity index (χ3n) is 4.18. The van der Waals surface area contributed by atoms with Crippen LogP contribution in [0.25, 0.3) is 0 Å². The molecule has 1 fully saturated rings. The van der Waals surface area contributed by atoms with Crippen molar-refractivity contribution in [2.75, 3.05) is 90.4 Å². The minimum atomic E-state index is -2.01. The normalized spacial score (nSPS) is 21.9. The largest absolute Gasteiger partial charge is 0.478 e. The highest BCUT2D eigenvalue weighted by Crippen LogP contribution is 2.42. The van der Waals surface area contributed by atoms with E-state index in [1.165, 1.54) is 0 Å². The van der Waals surface area contributed by atoms with Crippen LogP contribution in [0.2, 0.25) is 0 Å². The zero-order valence-corrected chi connectivity index (χ0v) is 20.5. The van der Waals surface area contributed by atoms with E-state index in [4.69, 9.17) is 40.9 Å². The molecule has 1 aliphatic rings. The molecule has 16 heteroatoms. The van der Waals surface area contributed by atoms with Gasteiger partial charge in [0.15, 0.2) is 0 Å². The quantitative estimate of drug-likeness (QED) is 0.100. The van der Waals surface area contributed by atoms with Gasteiger partial charge in [0.05, 0.1) is 39.6 Å². The summed E-state index contributed by atoms with van der Waals surface area (Å²) >= 11 is 1.03. The van der Waals surface area contributed by atoms with E-state index in [1.54, 1.807) is 9.80 Å². The van der Waals surface area contributed by atoms with Crippen LogP contribution in [0, 0.1) is 0 Å². The number of hydrogen-bond donors (Lipinski definition) is 10. The number of aliphatic hydroxyl groups excluding tert-OH is 6. The van der Waals surface area contributed by atoms with E-state index in [0.29, 0.717) is 62.8 Å². The molecule has 0 amide bonds. The summed E-state index contributed by atoms with van der Waals surface area (Å²) in [5, 5.41) is 86.9. The van der Waals surface area contributed by atoms with Crippen molar-refractivity contribution >= 4 is 35.5 Å². The van der Waals surface area contributed by atoms with Crippen molar-refractivity contribution in [2.45, 2.75) is 9.87 Å². The minimum absolute atomic E-state index is 0.0694. The molecule has 2 unspecified atom stereocenters. The van der Waals surface area contributed by atoms with Crippen LogP contribution < -0.4 is 0 Å². The third kappa shape index (κ3) is 15.3. The summed E-state index contributed by atoms with van der Waals surface area (Å²) in [6.07, 6.45) is 0.